The zero-order valence-electron chi connectivity index (χ0n) is 8.40. The Kier molecular flexibility index (Phi) is 4.52. The fourth-order valence-corrected chi connectivity index (χ4v) is 1.85. The van der Waals surface area contributed by atoms with Crippen molar-refractivity contribution in [3.63, 3.8) is 0 Å². The Morgan fingerprint density at radius 1 is 1.64 bits per heavy atom. The van der Waals surface area contributed by atoms with Crippen LogP contribution in [-0.2, 0) is 16.1 Å². The van der Waals surface area contributed by atoms with E-state index in [9.17, 15) is 4.79 Å². The SMILES string of the molecule is CCOC(=O)CSc1ccnn1CC. The van der Waals surface area contributed by atoms with Gasteiger partial charge in [0, 0.05) is 6.54 Å². The van der Waals surface area contributed by atoms with E-state index in [0.717, 1.165) is 11.6 Å². The van der Waals surface area contributed by atoms with Gasteiger partial charge in [0.05, 0.1) is 23.6 Å². The van der Waals surface area contributed by atoms with Crippen LogP contribution in [0.15, 0.2) is 17.3 Å². The van der Waals surface area contributed by atoms with Crippen molar-refractivity contribution in [2.24, 2.45) is 0 Å². The molecule has 1 aromatic heterocycles. The van der Waals surface area contributed by atoms with E-state index < -0.39 is 0 Å². The third-order valence-electron chi connectivity index (χ3n) is 1.62. The Morgan fingerprint density at radius 3 is 3.07 bits per heavy atom. The van der Waals surface area contributed by atoms with Crippen LogP contribution in [0.2, 0.25) is 0 Å². The van der Waals surface area contributed by atoms with Crippen molar-refractivity contribution >= 4 is 17.7 Å². The van der Waals surface area contributed by atoms with E-state index >= 15 is 0 Å². The van der Waals surface area contributed by atoms with E-state index in [2.05, 4.69) is 5.10 Å². The number of hydrogen-bond donors (Lipinski definition) is 0. The number of carbonyl (C=O) groups is 1. The lowest BCUT2D eigenvalue weighted by Crippen LogP contribution is -2.07. The number of rotatable bonds is 5. The van der Waals surface area contributed by atoms with E-state index in [1.54, 1.807) is 13.1 Å². The molecule has 0 spiro atoms. The van der Waals surface area contributed by atoms with Gasteiger partial charge in [0.2, 0.25) is 0 Å². The minimum Gasteiger partial charge on any atom is -0.465 e. The molecule has 0 aromatic carbocycles. The van der Waals surface area contributed by atoms with Gasteiger partial charge >= 0.3 is 5.97 Å². The van der Waals surface area contributed by atoms with Crippen LogP contribution in [0.5, 0.6) is 0 Å². The highest BCUT2D eigenvalue weighted by Crippen LogP contribution is 2.16. The van der Waals surface area contributed by atoms with Crippen molar-refractivity contribution in [1.29, 1.82) is 0 Å². The molecule has 0 unspecified atom stereocenters. The molecule has 78 valence electrons. The summed E-state index contributed by atoms with van der Waals surface area (Å²) in [4.78, 5) is 11.1. The second-order valence-electron chi connectivity index (χ2n) is 2.58. The van der Waals surface area contributed by atoms with Crippen molar-refractivity contribution < 1.29 is 9.53 Å². The molecule has 0 radical (unpaired) electrons. The Hall–Kier alpha value is -0.970. The molecule has 14 heavy (non-hydrogen) atoms. The minimum atomic E-state index is -0.179. The first-order valence-corrected chi connectivity index (χ1v) is 5.56. The number of aryl methyl sites for hydroxylation is 1. The van der Waals surface area contributed by atoms with E-state index in [1.807, 2.05) is 17.7 Å². The van der Waals surface area contributed by atoms with Crippen molar-refractivity contribution in [2.75, 3.05) is 12.4 Å². The molecule has 0 aliphatic rings. The molecular weight excluding hydrogens is 200 g/mol. The summed E-state index contributed by atoms with van der Waals surface area (Å²) >= 11 is 1.45. The monoisotopic (exact) mass is 214 g/mol. The minimum absolute atomic E-state index is 0.179. The van der Waals surface area contributed by atoms with Gasteiger partial charge in [0.15, 0.2) is 0 Å². The van der Waals surface area contributed by atoms with Crippen molar-refractivity contribution in [1.82, 2.24) is 9.78 Å². The van der Waals surface area contributed by atoms with E-state index in [1.165, 1.54) is 11.8 Å². The predicted octanol–water partition coefficient (Wildman–Crippen LogP) is 1.56. The molecule has 5 heteroatoms. The molecule has 1 aromatic rings. The van der Waals surface area contributed by atoms with Gasteiger partial charge in [-0.3, -0.25) is 9.48 Å². The number of hydrogen-bond acceptors (Lipinski definition) is 4. The molecule has 1 rings (SSSR count). The fraction of sp³-hybridized carbons (Fsp3) is 0.556. The molecule has 1 heterocycles. The van der Waals surface area contributed by atoms with Gasteiger partial charge in [-0.25, -0.2) is 0 Å². The average molecular weight is 214 g/mol. The molecule has 4 nitrogen and oxygen atoms in total. The third-order valence-corrected chi connectivity index (χ3v) is 2.64. The second-order valence-corrected chi connectivity index (χ2v) is 3.57. The van der Waals surface area contributed by atoms with Crippen LogP contribution in [0.3, 0.4) is 0 Å². The smallest absolute Gasteiger partial charge is 0.316 e. The van der Waals surface area contributed by atoms with Gasteiger partial charge in [-0.15, -0.1) is 0 Å². The second kappa shape index (κ2) is 5.70. The molecule has 0 saturated carbocycles. The number of nitrogens with zero attached hydrogens (tertiary/aromatic N) is 2. The van der Waals surface area contributed by atoms with E-state index in [0.29, 0.717) is 12.4 Å². The van der Waals surface area contributed by atoms with Crippen LogP contribution < -0.4 is 0 Å². The quantitative estimate of drug-likeness (QED) is 0.551. The van der Waals surface area contributed by atoms with Crippen LogP contribution in [-0.4, -0.2) is 28.1 Å². The van der Waals surface area contributed by atoms with E-state index in [4.69, 9.17) is 4.74 Å². The predicted molar refractivity (Wildman–Crippen MR) is 55.3 cm³/mol. The zero-order valence-corrected chi connectivity index (χ0v) is 9.21. The Bertz CT molecular complexity index is 299. The summed E-state index contributed by atoms with van der Waals surface area (Å²) in [5.41, 5.74) is 0. The maximum Gasteiger partial charge on any atom is 0.316 e. The molecule has 0 aliphatic carbocycles. The summed E-state index contributed by atoms with van der Waals surface area (Å²) < 4.78 is 6.68. The highest BCUT2D eigenvalue weighted by molar-refractivity contribution is 7.99. The lowest BCUT2D eigenvalue weighted by atomic mass is 10.7. The highest BCUT2D eigenvalue weighted by Gasteiger charge is 2.06. The van der Waals surface area contributed by atoms with Gasteiger partial charge in [-0.05, 0) is 19.9 Å². The first kappa shape index (κ1) is 11.1. The summed E-state index contributed by atoms with van der Waals surface area (Å²) in [5.74, 6) is 0.167. The normalized spacial score (nSPS) is 10.1. The van der Waals surface area contributed by atoms with Gasteiger partial charge in [0.1, 0.15) is 0 Å². The van der Waals surface area contributed by atoms with Gasteiger partial charge < -0.3 is 4.74 Å². The number of thioether (sulfide) groups is 1. The number of esters is 1. The maximum absolute atomic E-state index is 11.1. The van der Waals surface area contributed by atoms with Crippen LogP contribution in [0, 0.1) is 0 Å². The van der Waals surface area contributed by atoms with Gasteiger partial charge in [0.25, 0.3) is 0 Å². The van der Waals surface area contributed by atoms with Gasteiger partial charge in [-0.2, -0.15) is 5.10 Å². The Morgan fingerprint density at radius 2 is 2.43 bits per heavy atom. The summed E-state index contributed by atoms with van der Waals surface area (Å²) in [5, 5.41) is 5.10. The number of aromatic nitrogens is 2. The number of carbonyl (C=O) groups excluding carboxylic acids is 1. The fourth-order valence-electron chi connectivity index (χ4n) is 1.02. The van der Waals surface area contributed by atoms with Crippen LogP contribution in [0.1, 0.15) is 13.8 Å². The molecule has 0 aliphatic heterocycles. The maximum atomic E-state index is 11.1. The Balaban J connectivity index is 2.41. The zero-order chi connectivity index (χ0) is 10.4. The largest absolute Gasteiger partial charge is 0.465 e. The Labute approximate surface area is 87.6 Å². The topological polar surface area (TPSA) is 44.1 Å². The van der Waals surface area contributed by atoms with Gasteiger partial charge in [-0.1, -0.05) is 11.8 Å². The van der Waals surface area contributed by atoms with Crippen molar-refractivity contribution in [3.05, 3.63) is 12.3 Å². The molecule has 0 amide bonds. The molecule has 0 atom stereocenters. The van der Waals surface area contributed by atoms with Crippen molar-refractivity contribution in [2.45, 2.75) is 25.4 Å². The average Bonchev–Trinajstić information content (AvgIpc) is 2.62. The first-order valence-electron chi connectivity index (χ1n) is 4.58. The number of ether oxygens (including phenoxy) is 1. The molecule has 0 bridgehead atoms. The van der Waals surface area contributed by atoms with Crippen LogP contribution in [0.25, 0.3) is 0 Å². The third kappa shape index (κ3) is 3.06. The van der Waals surface area contributed by atoms with Crippen LogP contribution >= 0.6 is 11.8 Å². The highest BCUT2D eigenvalue weighted by atomic mass is 32.2. The summed E-state index contributed by atoms with van der Waals surface area (Å²) in [7, 11) is 0. The standard InChI is InChI=1S/C9H14N2O2S/c1-3-11-8(5-6-10-11)14-7-9(12)13-4-2/h5-6H,3-4,7H2,1-2H3. The lowest BCUT2D eigenvalue weighted by Gasteiger charge is -2.03. The summed E-state index contributed by atoms with van der Waals surface area (Å²) in [6.45, 7) is 5.07. The first-order chi connectivity index (χ1) is 6.77. The van der Waals surface area contributed by atoms with E-state index in [-0.39, 0.29) is 5.97 Å². The molecule has 0 N–H and O–H groups in total. The molecule has 0 saturated heterocycles. The summed E-state index contributed by atoms with van der Waals surface area (Å²) in [6.07, 6.45) is 1.73. The lowest BCUT2D eigenvalue weighted by molar-refractivity contribution is -0.139. The van der Waals surface area contributed by atoms with Crippen molar-refractivity contribution in [3.8, 4) is 0 Å². The van der Waals surface area contributed by atoms with Crippen LogP contribution in [0.4, 0.5) is 0 Å². The molecular formula is C9H14N2O2S. The molecule has 0 fully saturated rings. The summed E-state index contributed by atoms with van der Waals surface area (Å²) in [6, 6.07) is 1.90.